The molecule has 5 rings (SSSR count). The molecule has 4 aromatic carbocycles. The van der Waals surface area contributed by atoms with E-state index in [4.69, 9.17) is 0 Å². The first-order valence-corrected chi connectivity index (χ1v) is 7.65. The fraction of sp³-hybridized carbons (Fsp3) is 0. The molecule has 1 aliphatic rings. The van der Waals surface area contributed by atoms with Gasteiger partial charge in [-0.15, -0.1) is 0 Å². The second-order valence-corrected chi connectivity index (χ2v) is 5.86. The Balaban J connectivity index is 1.99. The molecular formula is C21H12N2. The maximum absolute atomic E-state index is 9.62. The van der Waals surface area contributed by atoms with Gasteiger partial charge >= 0.3 is 5.71 Å². The van der Waals surface area contributed by atoms with Crippen LogP contribution in [0.1, 0.15) is 11.1 Å². The SMILES string of the molecule is [N-]=[N+]=C1c2ccccc2-c2ccc3c(ccc4ccccc43)c21. The third kappa shape index (κ3) is 1.53. The van der Waals surface area contributed by atoms with Crippen molar-refractivity contribution in [2.24, 2.45) is 0 Å². The highest BCUT2D eigenvalue weighted by Gasteiger charge is 2.32. The van der Waals surface area contributed by atoms with E-state index in [1.54, 1.807) is 0 Å². The van der Waals surface area contributed by atoms with Gasteiger partial charge in [0.15, 0.2) is 0 Å². The summed E-state index contributed by atoms with van der Waals surface area (Å²) in [5.74, 6) is 0. The summed E-state index contributed by atoms with van der Waals surface area (Å²) in [5, 5.41) is 4.76. The Morgan fingerprint density at radius 3 is 2.17 bits per heavy atom. The fourth-order valence-electron chi connectivity index (χ4n) is 3.73. The molecule has 0 radical (unpaired) electrons. The molecule has 0 aliphatic heterocycles. The second kappa shape index (κ2) is 4.39. The first kappa shape index (κ1) is 12.3. The Hall–Kier alpha value is -3.22. The van der Waals surface area contributed by atoms with Crippen LogP contribution in [0.25, 0.3) is 38.2 Å². The number of hydrogen-bond donors (Lipinski definition) is 0. The molecule has 4 aromatic rings. The van der Waals surface area contributed by atoms with Crippen LogP contribution in [-0.2, 0) is 0 Å². The highest BCUT2D eigenvalue weighted by molar-refractivity contribution is 6.29. The minimum absolute atomic E-state index is 0.663. The smallest absolute Gasteiger partial charge is 0.331 e. The summed E-state index contributed by atoms with van der Waals surface area (Å²) >= 11 is 0. The standard InChI is InChI=1S/C21H12N2/c22-23-21-19-8-4-3-7-15(19)18-12-11-16-14-6-2-1-5-13(14)9-10-17(16)20(18)21/h1-12H. The maximum Gasteiger partial charge on any atom is 0.331 e. The lowest BCUT2D eigenvalue weighted by Crippen LogP contribution is -2.00. The molecule has 0 saturated carbocycles. The lowest BCUT2D eigenvalue weighted by atomic mass is 9.95. The lowest BCUT2D eigenvalue weighted by molar-refractivity contribution is -0.00232. The predicted molar refractivity (Wildman–Crippen MR) is 93.7 cm³/mol. The van der Waals surface area contributed by atoms with E-state index in [1.165, 1.54) is 16.2 Å². The molecule has 0 heterocycles. The van der Waals surface area contributed by atoms with Gasteiger partial charge in [0.2, 0.25) is 0 Å². The van der Waals surface area contributed by atoms with Gasteiger partial charge in [0.25, 0.3) is 0 Å². The Bertz CT molecular complexity index is 1170. The molecule has 2 nitrogen and oxygen atoms in total. The lowest BCUT2D eigenvalue weighted by Gasteiger charge is -2.07. The first-order valence-electron chi connectivity index (χ1n) is 7.65. The van der Waals surface area contributed by atoms with Crippen molar-refractivity contribution >= 4 is 27.3 Å². The molecule has 0 atom stereocenters. The van der Waals surface area contributed by atoms with Crippen LogP contribution in [-0.4, -0.2) is 10.5 Å². The van der Waals surface area contributed by atoms with Crippen molar-refractivity contribution in [3.05, 3.63) is 89.5 Å². The minimum Gasteiger partial charge on any atom is -0.361 e. The predicted octanol–water partition coefficient (Wildman–Crippen LogP) is 5.04. The van der Waals surface area contributed by atoms with Gasteiger partial charge in [-0.2, -0.15) is 4.79 Å². The van der Waals surface area contributed by atoms with Gasteiger partial charge < -0.3 is 5.53 Å². The largest absolute Gasteiger partial charge is 0.361 e. The molecule has 0 saturated heterocycles. The number of benzene rings is 4. The minimum atomic E-state index is 0.663. The Labute approximate surface area is 133 Å². The molecule has 106 valence electrons. The van der Waals surface area contributed by atoms with E-state index in [0.29, 0.717) is 5.71 Å². The monoisotopic (exact) mass is 292 g/mol. The van der Waals surface area contributed by atoms with E-state index >= 15 is 0 Å². The molecule has 2 heteroatoms. The van der Waals surface area contributed by atoms with Gasteiger partial charge in [0.05, 0.1) is 11.1 Å². The van der Waals surface area contributed by atoms with Crippen molar-refractivity contribution in [1.82, 2.24) is 0 Å². The van der Waals surface area contributed by atoms with E-state index in [0.717, 1.165) is 27.6 Å². The molecule has 0 spiro atoms. The van der Waals surface area contributed by atoms with Crippen LogP contribution in [0.3, 0.4) is 0 Å². The Morgan fingerprint density at radius 2 is 1.30 bits per heavy atom. The number of fused-ring (bicyclic) bond motifs is 7. The number of nitrogens with zero attached hydrogens (tertiary/aromatic N) is 2. The van der Waals surface area contributed by atoms with E-state index in [1.807, 2.05) is 18.2 Å². The third-order valence-electron chi connectivity index (χ3n) is 4.74. The molecule has 0 aromatic heterocycles. The van der Waals surface area contributed by atoms with E-state index in [9.17, 15) is 5.53 Å². The maximum atomic E-state index is 9.62. The van der Waals surface area contributed by atoms with Crippen molar-refractivity contribution in [1.29, 1.82) is 0 Å². The van der Waals surface area contributed by atoms with Crippen LogP contribution >= 0.6 is 0 Å². The summed E-state index contributed by atoms with van der Waals surface area (Å²) in [4.78, 5) is 3.62. The van der Waals surface area contributed by atoms with Crippen molar-refractivity contribution in [3.63, 3.8) is 0 Å². The highest BCUT2D eigenvalue weighted by Crippen LogP contribution is 2.41. The van der Waals surface area contributed by atoms with Crippen molar-refractivity contribution in [2.75, 3.05) is 0 Å². The van der Waals surface area contributed by atoms with Crippen LogP contribution in [0.5, 0.6) is 0 Å². The summed E-state index contributed by atoms with van der Waals surface area (Å²) in [7, 11) is 0. The van der Waals surface area contributed by atoms with E-state index in [2.05, 4.69) is 59.4 Å². The van der Waals surface area contributed by atoms with E-state index in [-0.39, 0.29) is 0 Å². The Morgan fingerprint density at radius 1 is 0.565 bits per heavy atom. The summed E-state index contributed by atoms with van der Waals surface area (Å²) in [6.07, 6.45) is 0. The van der Waals surface area contributed by atoms with Gasteiger partial charge in [-0.05, 0) is 38.7 Å². The molecule has 23 heavy (non-hydrogen) atoms. The molecule has 0 fully saturated rings. The van der Waals surface area contributed by atoms with Crippen molar-refractivity contribution in [3.8, 4) is 11.1 Å². The summed E-state index contributed by atoms with van der Waals surface area (Å²) in [6.45, 7) is 0. The van der Waals surface area contributed by atoms with Crippen LogP contribution in [0.4, 0.5) is 0 Å². The van der Waals surface area contributed by atoms with Crippen LogP contribution in [0.15, 0.2) is 72.8 Å². The van der Waals surface area contributed by atoms with Gasteiger partial charge in [-0.25, -0.2) is 0 Å². The van der Waals surface area contributed by atoms with Crippen LogP contribution < -0.4 is 0 Å². The molecular weight excluding hydrogens is 280 g/mol. The van der Waals surface area contributed by atoms with Gasteiger partial charge in [-0.3, -0.25) is 0 Å². The summed E-state index contributed by atoms with van der Waals surface area (Å²) in [6, 6.07) is 25.1. The molecule has 1 aliphatic carbocycles. The first-order chi connectivity index (χ1) is 11.4. The van der Waals surface area contributed by atoms with Gasteiger partial charge in [0, 0.05) is 0 Å². The highest BCUT2D eigenvalue weighted by atomic mass is 14.9. The fourth-order valence-corrected chi connectivity index (χ4v) is 3.73. The van der Waals surface area contributed by atoms with Crippen molar-refractivity contribution < 1.29 is 4.79 Å². The quantitative estimate of drug-likeness (QED) is 0.218. The summed E-state index contributed by atoms with van der Waals surface area (Å²) < 4.78 is 0. The number of rotatable bonds is 0. The normalized spacial score (nSPS) is 12.3. The molecule has 0 bridgehead atoms. The average Bonchev–Trinajstić information content (AvgIpc) is 2.95. The average molecular weight is 292 g/mol. The second-order valence-electron chi connectivity index (χ2n) is 5.86. The van der Waals surface area contributed by atoms with Crippen LogP contribution in [0.2, 0.25) is 0 Å². The zero-order valence-electron chi connectivity index (χ0n) is 12.3. The van der Waals surface area contributed by atoms with E-state index < -0.39 is 0 Å². The Kier molecular flexibility index (Phi) is 2.35. The summed E-state index contributed by atoms with van der Waals surface area (Å²) in [5.41, 5.74) is 14.6. The van der Waals surface area contributed by atoms with Gasteiger partial charge in [0.1, 0.15) is 0 Å². The van der Waals surface area contributed by atoms with Crippen LogP contribution in [0, 0.1) is 0 Å². The number of hydrogen-bond acceptors (Lipinski definition) is 0. The zero-order valence-corrected chi connectivity index (χ0v) is 12.3. The third-order valence-corrected chi connectivity index (χ3v) is 4.74. The molecule has 0 amide bonds. The topological polar surface area (TPSA) is 36.4 Å². The molecule has 0 unspecified atom stereocenters. The van der Waals surface area contributed by atoms with Crippen molar-refractivity contribution in [2.45, 2.75) is 0 Å². The zero-order chi connectivity index (χ0) is 15.4. The van der Waals surface area contributed by atoms with Gasteiger partial charge in [-0.1, -0.05) is 66.7 Å². The molecule has 0 N–H and O–H groups in total.